The topological polar surface area (TPSA) is 0 Å². The van der Waals surface area contributed by atoms with Gasteiger partial charge in [0, 0.05) is 0 Å². The van der Waals surface area contributed by atoms with Gasteiger partial charge in [-0.15, -0.1) is 0 Å². The van der Waals surface area contributed by atoms with Gasteiger partial charge >= 0.3 is 0 Å². The first-order valence-electron chi connectivity index (χ1n) is 3.02. The molecule has 0 rings (SSSR count). The molecule has 0 nitrogen and oxygen atoms in total. The fourth-order valence-corrected chi connectivity index (χ4v) is 1.91. The molecule has 0 aromatic carbocycles. The zero-order chi connectivity index (χ0) is 7.11. The van der Waals surface area contributed by atoms with Crippen LogP contribution in [0, 0.1) is 0 Å². The lowest BCUT2D eigenvalue weighted by Gasteiger charge is -2.01. The highest BCUT2D eigenvalue weighted by atomic mass is 32.2. The molecule has 0 aliphatic heterocycles. The van der Waals surface area contributed by atoms with Crippen molar-refractivity contribution in [2.45, 2.75) is 13.2 Å². The Balaban J connectivity index is 3.31. The van der Waals surface area contributed by atoms with Crippen LogP contribution < -0.4 is 0 Å². The Morgan fingerprint density at radius 1 is 1.33 bits per heavy atom. The molecule has 0 aliphatic carbocycles. The van der Waals surface area contributed by atoms with E-state index in [0.29, 0.717) is 0 Å². The molecule has 52 valence electrons. The van der Waals surface area contributed by atoms with Crippen LogP contribution in [0.1, 0.15) is 6.92 Å². The van der Waals surface area contributed by atoms with Crippen LogP contribution in [0.15, 0.2) is 12.2 Å². The Morgan fingerprint density at radius 3 is 2.22 bits per heavy atom. The monoisotopic (exact) mass is 160 g/mol. The summed E-state index contributed by atoms with van der Waals surface area (Å²) in [5, 5.41) is 0.751. The Labute approximate surface area is 66.7 Å². The van der Waals surface area contributed by atoms with Gasteiger partial charge in [0.1, 0.15) is 0 Å². The summed E-state index contributed by atoms with van der Waals surface area (Å²) in [6.07, 6.45) is 9.84. The number of hydrogen-bond acceptors (Lipinski definition) is 2. The van der Waals surface area contributed by atoms with Crippen LogP contribution in [-0.2, 0) is 0 Å². The molecular formula is C6H13BS2. The minimum absolute atomic E-state index is 0.751. The highest BCUT2D eigenvalue weighted by Gasteiger charge is 2.06. The van der Waals surface area contributed by atoms with Gasteiger partial charge in [-0.1, -0.05) is 12.2 Å². The van der Waals surface area contributed by atoms with E-state index in [9.17, 15) is 0 Å². The molecule has 0 aliphatic rings. The minimum atomic E-state index is 0.751. The number of allylic oxidation sites excluding steroid dienone is 2. The van der Waals surface area contributed by atoms with Crippen molar-refractivity contribution >= 4 is 28.5 Å². The average molecular weight is 160 g/mol. The van der Waals surface area contributed by atoms with Crippen molar-refractivity contribution in [3.05, 3.63) is 12.2 Å². The Kier molecular flexibility index (Phi) is 6.99. The van der Waals surface area contributed by atoms with Crippen LogP contribution >= 0.6 is 23.2 Å². The van der Waals surface area contributed by atoms with Gasteiger partial charge in [-0.3, -0.25) is 0 Å². The van der Waals surface area contributed by atoms with Crippen molar-refractivity contribution in [1.82, 2.24) is 0 Å². The molecule has 0 saturated heterocycles. The maximum absolute atomic E-state index is 2.22. The molecule has 0 amide bonds. The zero-order valence-electron chi connectivity index (χ0n) is 6.26. The molecule has 0 aromatic rings. The van der Waals surface area contributed by atoms with Crippen molar-refractivity contribution in [2.24, 2.45) is 0 Å². The quantitative estimate of drug-likeness (QED) is 0.458. The van der Waals surface area contributed by atoms with E-state index in [1.54, 1.807) is 0 Å². The van der Waals surface area contributed by atoms with E-state index in [1.165, 1.54) is 6.32 Å². The van der Waals surface area contributed by atoms with E-state index < -0.39 is 0 Å². The van der Waals surface area contributed by atoms with Crippen molar-refractivity contribution in [1.29, 1.82) is 0 Å². The molecule has 9 heavy (non-hydrogen) atoms. The first-order valence-corrected chi connectivity index (χ1v) is 5.59. The standard InChI is InChI=1S/C6H13BS2/c1-4-5-6-7(8-2)9-3/h4-5H,6H2,1-3H3/b5-4+. The summed E-state index contributed by atoms with van der Waals surface area (Å²) < 4.78 is 0. The van der Waals surface area contributed by atoms with Crippen LogP contribution in [0.25, 0.3) is 0 Å². The summed E-state index contributed by atoms with van der Waals surface area (Å²) in [6.45, 7) is 2.07. The smallest absolute Gasteiger partial charge is 0.198 e. The van der Waals surface area contributed by atoms with Crippen LogP contribution in [0.3, 0.4) is 0 Å². The maximum atomic E-state index is 2.22. The van der Waals surface area contributed by atoms with Gasteiger partial charge in [-0.25, -0.2) is 0 Å². The second-order valence-corrected chi connectivity index (χ2v) is 4.08. The van der Waals surface area contributed by atoms with Crippen molar-refractivity contribution in [2.75, 3.05) is 12.5 Å². The van der Waals surface area contributed by atoms with E-state index >= 15 is 0 Å². The fourth-order valence-electron chi connectivity index (χ4n) is 0.536. The van der Waals surface area contributed by atoms with Gasteiger partial charge in [0.15, 0.2) is 0 Å². The molecule has 0 atom stereocenters. The Morgan fingerprint density at radius 2 is 1.89 bits per heavy atom. The average Bonchev–Trinajstić information content (AvgIpc) is 1.91. The SMILES string of the molecule is C/C=C/CB(SC)SC. The summed E-state index contributed by atoms with van der Waals surface area (Å²) in [6, 6.07) is 0. The lowest BCUT2D eigenvalue weighted by molar-refractivity contribution is 1.62. The third kappa shape index (κ3) is 4.98. The molecule has 0 aromatic heterocycles. The summed E-state index contributed by atoms with van der Waals surface area (Å²) >= 11 is 3.84. The first kappa shape index (κ1) is 9.50. The van der Waals surface area contributed by atoms with E-state index in [0.717, 1.165) is 5.27 Å². The molecule has 0 bridgehead atoms. The van der Waals surface area contributed by atoms with Crippen molar-refractivity contribution in [3.63, 3.8) is 0 Å². The third-order valence-corrected chi connectivity index (χ3v) is 3.68. The largest absolute Gasteiger partial charge is 0.276 e. The Bertz CT molecular complexity index is 79.1. The fraction of sp³-hybridized carbons (Fsp3) is 0.667. The molecule has 0 heterocycles. The molecule has 0 fully saturated rings. The summed E-state index contributed by atoms with van der Waals surface area (Å²) in [4.78, 5) is 0. The van der Waals surface area contributed by atoms with E-state index in [4.69, 9.17) is 0 Å². The minimum Gasteiger partial charge on any atom is -0.198 e. The van der Waals surface area contributed by atoms with Crippen LogP contribution in [0.4, 0.5) is 0 Å². The summed E-state index contributed by atoms with van der Waals surface area (Å²) in [5.41, 5.74) is 0. The predicted octanol–water partition coefficient (Wildman–Crippen LogP) is 2.78. The highest BCUT2D eigenvalue weighted by molar-refractivity contribution is 8.53. The normalized spacial score (nSPS) is 10.6. The molecule has 0 radical (unpaired) electrons. The van der Waals surface area contributed by atoms with E-state index in [1.807, 2.05) is 23.2 Å². The predicted molar refractivity (Wildman–Crippen MR) is 52.4 cm³/mol. The molecule has 0 unspecified atom stereocenters. The van der Waals surface area contributed by atoms with Gasteiger partial charge in [0.25, 0.3) is 5.27 Å². The van der Waals surface area contributed by atoms with Gasteiger partial charge in [-0.05, 0) is 25.8 Å². The van der Waals surface area contributed by atoms with Gasteiger partial charge in [0.2, 0.25) is 0 Å². The second kappa shape index (κ2) is 6.62. The lowest BCUT2D eigenvalue weighted by atomic mass is 10.0. The molecular weight excluding hydrogens is 147 g/mol. The van der Waals surface area contributed by atoms with Crippen molar-refractivity contribution in [3.8, 4) is 0 Å². The molecule has 3 heteroatoms. The number of hydrogen-bond donors (Lipinski definition) is 0. The van der Waals surface area contributed by atoms with Crippen LogP contribution in [0.5, 0.6) is 0 Å². The third-order valence-electron chi connectivity index (χ3n) is 1.09. The van der Waals surface area contributed by atoms with Crippen LogP contribution in [-0.4, -0.2) is 17.8 Å². The summed E-state index contributed by atoms with van der Waals surface area (Å²) in [5.74, 6) is 0. The van der Waals surface area contributed by atoms with Crippen LogP contribution in [0.2, 0.25) is 6.32 Å². The second-order valence-electron chi connectivity index (χ2n) is 1.71. The van der Waals surface area contributed by atoms with Gasteiger partial charge in [-0.2, -0.15) is 23.2 Å². The zero-order valence-corrected chi connectivity index (χ0v) is 7.89. The van der Waals surface area contributed by atoms with Gasteiger partial charge < -0.3 is 0 Å². The molecule has 0 N–H and O–H groups in total. The molecule has 0 saturated carbocycles. The first-order chi connectivity index (χ1) is 4.35. The highest BCUT2D eigenvalue weighted by Crippen LogP contribution is 2.17. The lowest BCUT2D eigenvalue weighted by Crippen LogP contribution is -1.97. The van der Waals surface area contributed by atoms with Gasteiger partial charge in [0.05, 0.1) is 0 Å². The maximum Gasteiger partial charge on any atom is 0.276 e. The summed E-state index contributed by atoms with van der Waals surface area (Å²) in [7, 11) is 0. The molecule has 0 spiro atoms. The number of rotatable bonds is 4. The van der Waals surface area contributed by atoms with E-state index in [2.05, 4.69) is 31.6 Å². The van der Waals surface area contributed by atoms with E-state index in [-0.39, 0.29) is 0 Å². The Hall–Kier alpha value is 0.505. The van der Waals surface area contributed by atoms with Crippen molar-refractivity contribution < 1.29 is 0 Å².